The molecule has 0 amide bonds. The number of ether oxygens (including phenoxy) is 2. The summed E-state index contributed by atoms with van der Waals surface area (Å²) in [6.45, 7) is 6.47. The molecule has 2 rings (SSSR count). The van der Waals surface area contributed by atoms with Crippen molar-refractivity contribution in [3.63, 3.8) is 0 Å². The Morgan fingerprint density at radius 3 is 2.23 bits per heavy atom. The molecule has 0 fully saturated rings. The van der Waals surface area contributed by atoms with Crippen molar-refractivity contribution in [2.75, 3.05) is 18.5 Å². The minimum Gasteiger partial charge on any atom is -0.494 e. The van der Waals surface area contributed by atoms with Crippen molar-refractivity contribution in [3.8, 4) is 11.5 Å². The summed E-state index contributed by atoms with van der Waals surface area (Å²) >= 11 is 0. The highest BCUT2D eigenvalue weighted by molar-refractivity contribution is 5.47. The summed E-state index contributed by atoms with van der Waals surface area (Å²) in [6.07, 6.45) is 2.04. The summed E-state index contributed by atoms with van der Waals surface area (Å²) in [7, 11) is 0. The van der Waals surface area contributed by atoms with Crippen molar-refractivity contribution in [3.05, 3.63) is 54.1 Å². The molecule has 0 bridgehead atoms. The predicted molar refractivity (Wildman–Crippen MR) is 91.8 cm³/mol. The fourth-order valence-electron chi connectivity index (χ4n) is 2.09. The molecule has 0 saturated heterocycles. The number of nitrogens with one attached hydrogen (secondary N) is 1. The minimum atomic E-state index is 0.745. The number of anilines is 1. The molecule has 1 N–H and O–H groups in total. The monoisotopic (exact) mass is 299 g/mol. The first-order chi connectivity index (χ1) is 10.8. The van der Waals surface area contributed by atoms with E-state index < -0.39 is 0 Å². The maximum Gasteiger partial charge on any atom is 0.124 e. The summed E-state index contributed by atoms with van der Waals surface area (Å²) in [5.41, 5.74) is 2.25. The van der Waals surface area contributed by atoms with Gasteiger partial charge in [-0.15, -0.1) is 0 Å². The molecule has 3 heteroatoms. The fraction of sp³-hybridized carbons (Fsp3) is 0.368. The van der Waals surface area contributed by atoms with Crippen LogP contribution in [-0.2, 0) is 6.54 Å². The summed E-state index contributed by atoms with van der Waals surface area (Å²) in [4.78, 5) is 0. The molecule has 22 heavy (non-hydrogen) atoms. The molecule has 2 aromatic rings. The van der Waals surface area contributed by atoms with Gasteiger partial charge in [0.1, 0.15) is 11.5 Å². The van der Waals surface area contributed by atoms with Crippen LogP contribution in [0.25, 0.3) is 0 Å². The molecule has 2 aromatic carbocycles. The third-order valence-electron chi connectivity index (χ3n) is 3.24. The topological polar surface area (TPSA) is 30.5 Å². The minimum absolute atomic E-state index is 0.745. The predicted octanol–water partition coefficient (Wildman–Crippen LogP) is 4.88. The normalized spacial score (nSPS) is 10.3. The quantitative estimate of drug-likeness (QED) is 0.716. The third kappa shape index (κ3) is 4.99. The molecule has 0 atom stereocenters. The maximum atomic E-state index is 5.78. The van der Waals surface area contributed by atoms with Gasteiger partial charge in [-0.05, 0) is 43.2 Å². The van der Waals surface area contributed by atoms with E-state index in [0.717, 1.165) is 49.8 Å². The van der Waals surface area contributed by atoms with E-state index in [4.69, 9.17) is 9.47 Å². The van der Waals surface area contributed by atoms with E-state index >= 15 is 0 Å². The van der Waals surface area contributed by atoms with Crippen molar-refractivity contribution in [1.29, 1.82) is 0 Å². The average molecular weight is 299 g/mol. The van der Waals surface area contributed by atoms with E-state index in [1.54, 1.807) is 0 Å². The molecule has 0 aliphatic heterocycles. The summed E-state index contributed by atoms with van der Waals surface area (Å²) in [6, 6.07) is 16.2. The van der Waals surface area contributed by atoms with Gasteiger partial charge in [-0.1, -0.05) is 32.0 Å². The van der Waals surface area contributed by atoms with Gasteiger partial charge < -0.3 is 14.8 Å². The molecular formula is C19H25NO2. The number of para-hydroxylation sites is 1. The largest absolute Gasteiger partial charge is 0.494 e. The number of benzene rings is 2. The highest BCUT2D eigenvalue weighted by atomic mass is 16.5. The fourth-order valence-corrected chi connectivity index (χ4v) is 2.09. The SMILES string of the molecule is CCCOc1ccc(NCc2ccccc2OCCC)cc1. The molecule has 0 aliphatic carbocycles. The van der Waals surface area contributed by atoms with Crippen molar-refractivity contribution in [2.45, 2.75) is 33.2 Å². The van der Waals surface area contributed by atoms with Crippen molar-refractivity contribution >= 4 is 5.69 Å². The number of rotatable bonds is 9. The van der Waals surface area contributed by atoms with Crippen LogP contribution in [0.2, 0.25) is 0 Å². The van der Waals surface area contributed by atoms with Gasteiger partial charge in [0.25, 0.3) is 0 Å². The lowest BCUT2D eigenvalue weighted by Gasteiger charge is -2.12. The molecule has 0 aliphatic rings. The number of hydrogen-bond acceptors (Lipinski definition) is 3. The zero-order valence-electron chi connectivity index (χ0n) is 13.5. The van der Waals surface area contributed by atoms with E-state index in [2.05, 4.69) is 25.2 Å². The smallest absolute Gasteiger partial charge is 0.124 e. The molecule has 0 aromatic heterocycles. The second-order valence-electron chi connectivity index (χ2n) is 5.18. The van der Waals surface area contributed by atoms with Gasteiger partial charge in [0, 0.05) is 17.8 Å². The van der Waals surface area contributed by atoms with Crippen LogP contribution in [-0.4, -0.2) is 13.2 Å². The van der Waals surface area contributed by atoms with Gasteiger partial charge in [0.05, 0.1) is 13.2 Å². The van der Waals surface area contributed by atoms with Gasteiger partial charge >= 0.3 is 0 Å². The molecular weight excluding hydrogens is 274 g/mol. The van der Waals surface area contributed by atoms with E-state index in [1.807, 2.05) is 42.5 Å². The lowest BCUT2D eigenvalue weighted by Crippen LogP contribution is -2.04. The average Bonchev–Trinajstić information content (AvgIpc) is 2.58. The Hall–Kier alpha value is -2.16. The van der Waals surface area contributed by atoms with Gasteiger partial charge in [0.2, 0.25) is 0 Å². The Balaban J connectivity index is 1.92. The van der Waals surface area contributed by atoms with E-state index in [9.17, 15) is 0 Å². The molecule has 0 saturated carbocycles. The first-order valence-corrected chi connectivity index (χ1v) is 8.01. The summed E-state index contributed by atoms with van der Waals surface area (Å²) in [5.74, 6) is 1.87. The first kappa shape index (κ1) is 16.2. The maximum absolute atomic E-state index is 5.78. The highest BCUT2D eigenvalue weighted by Gasteiger charge is 2.03. The lowest BCUT2D eigenvalue weighted by atomic mass is 10.2. The first-order valence-electron chi connectivity index (χ1n) is 8.01. The van der Waals surface area contributed by atoms with Crippen LogP contribution in [0.15, 0.2) is 48.5 Å². The van der Waals surface area contributed by atoms with E-state index in [1.165, 1.54) is 5.56 Å². The third-order valence-corrected chi connectivity index (χ3v) is 3.24. The van der Waals surface area contributed by atoms with Crippen LogP contribution in [0, 0.1) is 0 Å². The van der Waals surface area contributed by atoms with Crippen LogP contribution in [0.4, 0.5) is 5.69 Å². The molecule has 0 radical (unpaired) electrons. The molecule has 0 heterocycles. The standard InChI is InChI=1S/C19H25NO2/c1-3-13-21-18-11-9-17(10-12-18)20-15-16-7-5-6-8-19(16)22-14-4-2/h5-12,20H,3-4,13-15H2,1-2H3. The second kappa shape index (κ2) is 8.98. The molecule has 118 valence electrons. The number of hydrogen-bond donors (Lipinski definition) is 1. The summed E-state index contributed by atoms with van der Waals surface area (Å²) < 4.78 is 11.4. The van der Waals surface area contributed by atoms with E-state index in [-0.39, 0.29) is 0 Å². The van der Waals surface area contributed by atoms with Crippen LogP contribution >= 0.6 is 0 Å². The van der Waals surface area contributed by atoms with Gasteiger partial charge in [-0.3, -0.25) is 0 Å². The lowest BCUT2D eigenvalue weighted by molar-refractivity contribution is 0.314. The zero-order chi connectivity index (χ0) is 15.6. The molecule has 0 spiro atoms. The molecule has 0 unspecified atom stereocenters. The van der Waals surface area contributed by atoms with Crippen LogP contribution in [0.1, 0.15) is 32.3 Å². The van der Waals surface area contributed by atoms with Gasteiger partial charge in [-0.25, -0.2) is 0 Å². The van der Waals surface area contributed by atoms with Gasteiger partial charge in [0.15, 0.2) is 0 Å². The Bertz CT molecular complexity index is 552. The van der Waals surface area contributed by atoms with Crippen LogP contribution in [0.5, 0.6) is 11.5 Å². The van der Waals surface area contributed by atoms with Crippen molar-refractivity contribution in [2.24, 2.45) is 0 Å². The molecule has 3 nitrogen and oxygen atoms in total. The van der Waals surface area contributed by atoms with Crippen LogP contribution in [0.3, 0.4) is 0 Å². The van der Waals surface area contributed by atoms with Crippen molar-refractivity contribution in [1.82, 2.24) is 0 Å². The highest BCUT2D eigenvalue weighted by Crippen LogP contribution is 2.21. The summed E-state index contributed by atoms with van der Waals surface area (Å²) in [5, 5.41) is 3.43. The Morgan fingerprint density at radius 1 is 0.818 bits per heavy atom. The Kier molecular flexibility index (Phi) is 6.62. The Morgan fingerprint density at radius 2 is 1.50 bits per heavy atom. The van der Waals surface area contributed by atoms with Crippen LogP contribution < -0.4 is 14.8 Å². The zero-order valence-corrected chi connectivity index (χ0v) is 13.5. The second-order valence-corrected chi connectivity index (χ2v) is 5.18. The van der Waals surface area contributed by atoms with Gasteiger partial charge in [-0.2, -0.15) is 0 Å². The van der Waals surface area contributed by atoms with E-state index in [0.29, 0.717) is 0 Å². The van der Waals surface area contributed by atoms with Crippen molar-refractivity contribution < 1.29 is 9.47 Å². The Labute approximate surface area is 133 Å².